The lowest BCUT2D eigenvalue weighted by Crippen LogP contribution is -2.06. The van der Waals surface area contributed by atoms with E-state index >= 15 is 0 Å². The zero-order valence-corrected chi connectivity index (χ0v) is 72.6. The van der Waals surface area contributed by atoms with Crippen molar-refractivity contribution in [2.24, 2.45) is 0 Å². The number of fused-ring (bicyclic) bond motifs is 4. The molecular formula is C104H80O19S4. The van der Waals surface area contributed by atoms with Crippen molar-refractivity contribution in [1.82, 2.24) is 0 Å². The van der Waals surface area contributed by atoms with Gasteiger partial charge in [-0.25, -0.2) is 19.2 Å². The van der Waals surface area contributed by atoms with E-state index in [9.17, 15) is 74.1 Å². The fourth-order valence-corrected chi connectivity index (χ4v) is 20.1. The van der Waals surface area contributed by atoms with Crippen LogP contribution in [0.5, 0.6) is 40.2 Å². The molecule has 19 nitrogen and oxygen atoms in total. The van der Waals surface area contributed by atoms with Gasteiger partial charge < -0.3 is 56.2 Å². The minimum absolute atomic E-state index is 0.0406. The highest BCUT2D eigenvalue weighted by Crippen LogP contribution is 2.48. The smallest absolute Gasteiger partial charge is 0.328 e. The molecule has 16 aromatic rings. The summed E-state index contributed by atoms with van der Waals surface area (Å²) >= 11 is 5.21. The Labute approximate surface area is 743 Å². The number of carboxylic acid groups (broad SMARTS) is 4. The van der Waals surface area contributed by atoms with E-state index in [1.165, 1.54) is 69.7 Å². The van der Waals surface area contributed by atoms with Gasteiger partial charge in [-0.2, -0.15) is 0 Å². The molecule has 127 heavy (non-hydrogen) atoms. The van der Waals surface area contributed by atoms with Gasteiger partial charge in [0.1, 0.15) is 40.2 Å². The zero-order chi connectivity index (χ0) is 91.1. The number of hydrogen-bond acceptors (Lipinski definition) is 19. The number of ketones is 4. The molecule has 634 valence electrons. The second-order valence-electron chi connectivity index (χ2n) is 30.1. The number of carbonyl (C=O) groups excluding carboxylic acids is 4. The highest BCUT2D eigenvalue weighted by Gasteiger charge is 2.30. The molecule has 16 rings (SSSR count). The Kier molecular flexibility index (Phi) is 26.8. The molecule has 0 amide bonds. The molecule has 0 spiro atoms. The minimum Gasteiger partial charge on any atom is -0.508 e. The van der Waals surface area contributed by atoms with Crippen molar-refractivity contribution in [1.29, 1.82) is 0 Å². The van der Waals surface area contributed by atoms with Crippen molar-refractivity contribution in [3.05, 3.63) is 357 Å². The molecule has 0 saturated carbocycles. The monoisotopic (exact) mass is 1760 g/mol. The van der Waals surface area contributed by atoms with E-state index in [0.717, 1.165) is 131 Å². The fourth-order valence-electron chi connectivity index (χ4n) is 15.2. The number of phenolic OH excluding ortho intramolecular Hbond substituents is 7. The molecule has 0 aliphatic heterocycles. The van der Waals surface area contributed by atoms with Crippen LogP contribution in [0.1, 0.15) is 128 Å². The average Bonchev–Trinajstić information content (AvgIpc) is 1.63. The maximum Gasteiger partial charge on any atom is 0.328 e. The number of aliphatic carboxylic acids is 4. The van der Waals surface area contributed by atoms with E-state index < -0.39 is 23.9 Å². The number of aromatic hydroxyl groups is 7. The minimum atomic E-state index is -1.03. The molecule has 11 N–H and O–H groups in total. The van der Waals surface area contributed by atoms with Crippen molar-refractivity contribution in [2.45, 2.75) is 55.4 Å². The largest absolute Gasteiger partial charge is 0.508 e. The number of aryl methyl sites for hydroxylation is 8. The quantitative estimate of drug-likeness (QED) is 0.0249. The van der Waals surface area contributed by atoms with Crippen LogP contribution in [-0.4, -0.2) is 103 Å². The molecule has 0 bridgehead atoms. The Balaban J connectivity index is 0.000000145. The van der Waals surface area contributed by atoms with Crippen molar-refractivity contribution in [2.75, 3.05) is 0 Å². The number of carboxylic acids is 4. The maximum atomic E-state index is 13.7. The number of phenols is 7. The Bertz CT molecular complexity index is 6640. The number of rotatable bonds is 20. The van der Waals surface area contributed by atoms with Crippen LogP contribution in [-0.2, 0) is 19.2 Å². The highest BCUT2D eigenvalue weighted by atomic mass is 32.1. The molecule has 0 aliphatic rings. The van der Waals surface area contributed by atoms with E-state index in [1.54, 1.807) is 155 Å². The zero-order valence-electron chi connectivity index (χ0n) is 69.3. The van der Waals surface area contributed by atoms with Crippen molar-refractivity contribution < 1.29 is 94.5 Å². The molecular weight excluding hydrogens is 1680 g/mol. The molecule has 0 aliphatic carbocycles. The highest BCUT2D eigenvalue weighted by molar-refractivity contribution is 7.23. The third-order valence-electron chi connectivity index (χ3n) is 20.8. The molecule has 4 heterocycles. The predicted octanol–water partition coefficient (Wildman–Crippen LogP) is 24.0. The lowest BCUT2D eigenvalue weighted by atomic mass is 9.93. The molecule has 0 unspecified atom stereocenters. The van der Waals surface area contributed by atoms with Gasteiger partial charge in [0.25, 0.3) is 0 Å². The summed E-state index contributed by atoms with van der Waals surface area (Å²) in [6, 6.07) is 65.0. The van der Waals surface area contributed by atoms with Gasteiger partial charge in [-0.15, -0.1) is 45.3 Å². The molecule has 23 heteroatoms. The van der Waals surface area contributed by atoms with Crippen LogP contribution in [0, 0.1) is 55.4 Å². The molecule has 0 radical (unpaired) electrons. The first-order chi connectivity index (χ1) is 60.6. The number of carbonyl (C=O) groups is 8. The van der Waals surface area contributed by atoms with Crippen LogP contribution < -0.4 is 0 Å². The fraction of sp³-hybridized carbons (Fsp3) is 0.0769. The van der Waals surface area contributed by atoms with Crippen LogP contribution in [0.3, 0.4) is 0 Å². The normalized spacial score (nSPS) is 11.3. The summed E-state index contributed by atoms with van der Waals surface area (Å²) in [6.45, 7) is 14.8. The second kappa shape index (κ2) is 38.2. The van der Waals surface area contributed by atoms with Gasteiger partial charge in [-0.05, 0) is 266 Å². The summed E-state index contributed by atoms with van der Waals surface area (Å²) in [5.74, 6) is -4.37. The molecule has 0 fully saturated rings. The average molecular weight is 1760 g/mol. The van der Waals surface area contributed by atoms with Crippen LogP contribution in [0.25, 0.3) is 109 Å². The Hall–Kier alpha value is -15.4. The third-order valence-corrected chi connectivity index (χ3v) is 25.4. The van der Waals surface area contributed by atoms with Crippen LogP contribution in [0.4, 0.5) is 0 Å². The summed E-state index contributed by atoms with van der Waals surface area (Å²) in [4.78, 5) is 99.7. The predicted molar refractivity (Wildman–Crippen MR) is 505 cm³/mol. The Morgan fingerprint density at radius 2 is 0.472 bits per heavy atom. The first-order valence-corrected chi connectivity index (χ1v) is 42.6. The van der Waals surface area contributed by atoms with Gasteiger partial charge in [0, 0.05) is 98.0 Å². The number of hydrogen-bond donors (Lipinski definition) is 11. The van der Waals surface area contributed by atoms with Gasteiger partial charge in [-0.1, -0.05) is 127 Å². The van der Waals surface area contributed by atoms with Gasteiger partial charge in [0.05, 0.1) is 30.6 Å². The first kappa shape index (κ1) is 89.4. The maximum absolute atomic E-state index is 13.7. The summed E-state index contributed by atoms with van der Waals surface area (Å²) < 4.78 is 3.12. The molecule has 4 aromatic heterocycles. The molecule has 12 aromatic carbocycles. The van der Waals surface area contributed by atoms with Gasteiger partial charge in [0.15, 0.2) is 0 Å². The topological polar surface area (TPSA) is 359 Å². The first-order valence-electron chi connectivity index (χ1n) is 39.3. The summed E-state index contributed by atoms with van der Waals surface area (Å²) in [7, 11) is 0. The van der Waals surface area contributed by atoms with E-state index in [1.807, 2.05) is 125 Å². The number of benzene rings is 12. The third kappa shape index (κ3) is 20.1. The van der Waals surface area contributed by atoms with Crippen molar-refractivity contribution in [3.63, 3.8) is 0 Å². The molecule has 0 saturated heterocycles. The Morgan fingerprint density at radius 3 is 0.709 bits per heavy atom. The molecule has 0 atom stereocenters. The SMILES string of the molecule is Cc1cc(C)c(C(=O)c2sc3cc(O)ccc3c2-c2ccc(/C=C/C(=O)O)cc2)c(O)c1.Cc1cc(C)c(C(=O)c2sc3cc(O)ccc3c2-c2ccc(/C=C/C(=O)O)cc2)c(O)c1.Cc1cc(O)cc(C)c1C(=O)c1sc2cc(O)ccc2c1-c1ccc(/C=C/C(=O)O)cc1.Cc1cccc(C)c1C(=O)c1sc2cc(O)ccc2c1-c1ccc(/C=C/C(=O)O)cc1. The second-order valence-corrected chi connectivity index (χ2v) is 34.3. The van der Waals surface area contributed by atoms with Gasteiger partial charge in [0.2, 0.25) is 23.1 Å². The van der Waals surface area contributed by atoms with Crippen molar-refractivity contribution >= 4 is 157 Å². The van der Waals surface area contributed by atoms with Crippen LogP contribution >= 0.6 is 45.3 Å². The summed E-state index contributed by atoms with van der Waals surface area (Å²) in [6.07, 6.45) is 10.3. The standard InChI is InChI=1S/3C26H20O5S.C26H20O4S/c1-14-11-19(28)12-15(2)23(14)25(31)26-24(20-9-8-18(27)13-21(20)32-26)17-6-3-16(4-7-17)5-10-22(29)30;2*1-14-11-15(2)23(20(28)12-14)25(31)26-24(19-9-8-18(27)13-21(19)32-26)17-6-3-16(4-7-17)5-10-22(29)30;1-15-4-3-5-16(2)23(15)25(30)26-24(20-12-11-19(27)14-21(20)31-26)18-9-6-17(7-10-18)8-13-22(28)29/h3*3-13,27-28H,1-2H3,(H,29,30);3-14,27H,1-2H3,(H,28,29)/b3*10-5+;13-8+. The van der Waals surface area contributed by atoms with E-state index in [2.05, 4.69) is 0 Å². The van der Waals surface area contributed by atoms with E-state index in [-0.39, 0.29) is 74.5 Å². The lowest BCUT2D eigenvalue weighted by molar-refractivity contribution is -0.132. The van der Waals surface area contributed by atoms with Gasteiger partial charge in [-0.3, -0.25) is 19.2 Å². The van der Waals surface area contributed by atoms with E-state index in [0.29, 0.717) is 75.1 Å². The summed E-state index contributed by atoms with van der Waals surface area (Å²) in [5, 5.41) is 109. The summed E-state index contributed by atoms with van der Waals surface area (Å²) in [5.41, 5.74) is 17.2. The lowest BCUT2D eigenvalue weighted by Gasteiger charge is -2.11. The Morgan fingerprint density at radius 1 is 0.244 bits per heavy atom. The van der Waals surface area contributed by atoms with Crippen LogP contribution in [0.15, 0.2) is 249 Å². The van der Waals surface area contributed by atoms with E-state index in [4.69, 9.17) is 20.4 Å². The van der Waals surface area contributed by atoms with Crippen molar-refractivity contribution in [3.8, 4) is 84.8 Å². The van der Waals surface area contributed by atoms with Crippen LogP contribution in [0.2, 0.25) is 0 Å². The van der Waals surface area contributed by atoms with Gasteiger partial charge >= 0.3 is 23.9 Å². The number of thiophene rings is 4.